The van der Waals surface area contributed by atoms with Crippen LogP contribution in [0.4, 0.5) is 4.39 Å². The van der Waals surface area contributed by atoms with E-state index in [0.29, 0.717) is 33.3 Å². The Morgan fingerprint density at radius 3 is 2.88 bits per heavy atom. The normalized spacial score (nSPS) is 22.3. The van der Waals surface area contributed by atoms with Crippen molar-refractivity contribution in [3.8, 4) is 0 Å². The summed E-state index contributed by atoms with van der Waals surface area (Å²) in [6, 6.07) is 2.78. The lowest BCUT2D eigenvalue weighted by molar-refractivity contribution is 0.114. The number of rotatable bonds is 4. The number of hydrogen-bond donors (Lipinski definition) is 3. The van der Waals surface area contributed by atoms with E-state index in [-0.39, 0.29) is 13.2 Å². The number of fused-ring (bicyclic) bond motifs is 1. The Morgan fingerprint density at radius 1 is 1.42 bits per heavy atom. The summed E-state index contributed by atoms with van der Waals surface area (Å²) in [6.07, 6.45) is 2.29. The molecule has 1 aliphatic rings. The highest BCUT2D eigenvalue weighted by Gasteiger charge is 2.22. The summed E-state index contributed by atoms with van der Waals surface area (Å²) in [5.41, 5.74) is 1.13. The number of hydrogen-bond acceptors (Lipinski definition) is 4. The minimum atomic E-state index is -0.602. The lowest BCUT2D eigenvalue weighted by atomic mass is 10.0. The number of nitrogens with one attached hydrogen (secondary N) is 1. The maximum Gasteiger partial charge on any atom is 0.136 e. The van der Waals surface area contributed by atoms with Crippen molar-refractivity contribution in [3.63, 3.8) is 0 Å². The van der Waals surface area contributed by atoms with Crippen LogP contribution in [-0.2, 0) is 13.2 Å². The molecule has 2 heterocycles. The van der Waals surface area contributed by atoms with Crippen LogP contribution in [0.5, 0.6) is 0 Å². The number of aliphatic hydroxyl groups excluding tert-OH is 2. The summed E-state index contributed by atoms with van der Waals surface area (Å²) in [5.74, 6) is -0.0995. The number of imidazole rings is 1. The SMILES string of the molecule is OCc1nc2cc(Cl)c(Cl)cc2n1C/C(F)=C/[C@H]1NCCC[C@@H]1O. The van der Waals surface area contributed by atoms with Gasteiger partial charge in [0.05, 0.1) is 39.8 Å². The highest BCUT2D eigenvalue weighted by molar-refractivity contribution is 6.42. The summed E-state index contributed by atoms with van der Waals surface area (Å²) < 4.78 is 16.0. The van der Waals surface area contributed by atoms with E-state index in [1.54, 1.807) is 16.7 Å². The van der Waals surface area contributed by atoms with Gasteiger partial charge >= 0.3 is 0 Å². The first-order valence-electron chi connectivity index (χ1n) is 7.72. The van der Waals surface area contributed by atoms with Gasteiger partial charge in [-0.15, -0.1) is 0 Å². The van der Waals surface area contributed by atoms with Crippen molar-refractivity contribution < 1.29 is 14.6 Å². The largest absolute Gasteiger partial charge is 0.391 e. The predicted octanol–water partition coefficient (Wildman–Crippen LogP) is 2.80. The first-order chi connectivity index (χ1) is 11.5. The van der Waals surface area contributed by atoms with E-state index in [9.17, 15) is 14.6 Å². The smallest absolute Gasteiger partial charge is 0.136 e. The second-order valence-corrected chi connectivity index (χ2v) is 6.64. The highest BCUT2D eigenvalue weighted by Crippen LogP contribution is 2.29. The van der Waals surface area contributed by atoms with E-state index >= 15 is 0 Å². The fourth-order valence-electron chi connectivity index (χ4n) is 2.93. The van der Waals surface area contributed by atoms with E-state index in [4.69, 9.17) is 23.2 Å². The van der Waals surface area contributed by atoms with Crippen LogP contribution in [0, 0.1) is 0 Å². The maximum atomic E-state index is 14.5. The van der Waals surface area contributed by atoms with Crippen molar-refractivity contribution in [2.75, 3.05) is 6.54 Å². The van der Waals surface area contributed by atoms with E-state index in [2.05, 4.69) is 10.3 Å². The van der Waals surface area contributed by atoms with E-state index in [0.717, 1.165) is 13.0 Å². The van der Waals surface area contributed by atoms with Crippen molar-refractivity contribution in [1.82, 2.24) is 14.9 Å². The molecule has 1 aliphatic heterocycles. The first-order valence-corrected chi connectivity index (χ1v) is 8.48. The quantitative estimate of drug-likeness (QED) is 0.770. The molecule has 8 heteroatoms. The average Bonchev–Trinajstić information content (AvgIpc) is 2.87. The third-order valence-corrected chi connectivity index (χ3v) is 4.87. The van der Waals surface area contributed by atoms with Crippen LogP contribution in [0.2, 0.25) is 10.0 Å². The number of halogens is 3. The molecule has 130 valence electrons. The zero-order valence-corrected chi connectivity index (χ0v) is 14.4. The van der Waals surface area contributed by atoms with Crippen molar-refractivity contribution in [3.05, 3.63) is 39.9 Å². The summed E-state index contributed by atoms with van der Waals surface area (Å²) in [6.45, 7) is 0.312. The molecule has 1 aromatic heterocycles. The van der Waals surface area contributed by atoms with Crippen molar-refractivity contribution in [2.45, 2.75) is 38.1 Å². The number of aliphatic hydroxyl groups is 2. The molecule has 1 saturated heterocycles. The molecular formula is C16H18Cl2FN3O2. The lowest BCUT2D eigenvalue weighted by Crippen LogP contribution is -2.43. The van der Waals surface area contributed by atoms with Crippen molar-refractivity contribution >= 4 is 34.2 Å². The van der Waals surface area contributed by atoms with Gasteiger partial charge in [-0.1, -0.05) is 23.2 Å². The van der Waals surface area contributed by atoms with Gasteiger partial charge in [-0.2, -0.15) is 0 Å². The van der Waals surface area contributed by atoms with Gasteiger partial charge in [-0.3, -0.25) is 0 Å². The lowest BCUT2D eigenvalue weighted by Gasteiger charge is -2.26. The number of benzene rings is 1. The molecule has 1 fully saturated rings. The molecule has 0 amide bonds. The van der Waals surface area contributed by atoms with E-state index < -0.39 is 18.0 Å². The third-order valence-electron chi connectivity index (χ3n) is 4.15. The van der Waals surface area contributed by atoms with Crippen LogP contribution < -0.4 is 5.32 Å². The molecule has 0 saturated carbocycles. The van der Waals surface area contributed by atoms with Gasteiger partial charge in [-0.05, 0) is 37.6 Å². The monoisotopic (exact) mass is 373 g/mol. The van der Waals surface area contributed by atoms with Crippen LogP contribution in [0.25, 0.3) is 11.0 Å². The van der Waals surface area contributed by atoms with Crippen molar-refractivity contribution in [1.29, 1.82) is 0 Å². The van der Waals surface area contributed by atoms with Crippen LogP contribution in [0.3, 0.4) is 0 Å². The Balaban J connectivity index is 1.92. The molecular weight excluding hydrogens is 356 g/mol. The van der Waals surface area contributed by atoms with Crippen LogP contribution in [-0.4, -0.2) is 38.5 Å². The zero-order chi connectivity index (χ0) is 17.3. The molecule has 0 unspecified atom stereocenters. The maximum absolute atomic E-state index is 14.5. The molecule has 0 spiro atoms. The average molecular weight is 374 g/mol. The molecule has 1 aromatic carbocycles. The highest BCUT2D eigenvalue weighted by atomic mass is 35.5. The summed E-state index contributed by atoms with van der Waals surface area (Å²) in [5, 5.41) is 23.2. The van der Waals surface area contributed by atoms with Gasteiger partial charge in [0.1, 0.15) is 18.3 Å². The standard InChI is InChI=1S/C16H18Cl2FN3O2/c17-10-5-12-14(6-11(10)18)22(16(8-23)21-12)7-9(19)4-13-15(24)2-1-3-20-13/h4-6,13,15,20,23-24H,1-3,7-8H2/b9-4-/t13-,15+/m1/s1. The fourth-order valence-corrected chi connectivity index (χ4v) is 3.25. The number of aromatic nitrogens is 2. The minimum absolute atomic E-state index is 0.102. The molecule has 3 N–H and O–H groups in total. The second kappa shape index (κ2) is 7.37. The fraction of sp³-hybridized carbons (Fsp3) is 0.438. The zero-order valence-electron chi connectivity index (χ0n) is 12.8. The van der Waals surface area contributed by atoms with Crippen molar-refractivity contribution in [2.24, 2.45) is 0 Å². The molecule has 0 aliphatic carbocycles. The topological polar surface area (TPSA) is 70.3 Å². The Bertz CT molecular complexity index is 778. The predicted molar refractivity (Wildman–Crippen MR) is 91.9 cm³/mol. The molecule has 24 heavy (non-hydrogen) atoms. The Hall–Kier alpha value is -1.18. The molecule has 0 radical (unpaired) electrons. The first kappa shape index (κ1) is 17.6. The molecule has 2 aromatic rings. The number of nitrogens with zero attached hydrogens (tertiary/aromatic N) is 2. The number of piperidine rings is 1. The summed E-state index contributed by atoms with van der Waals surface area (Å²) in [4.78, 5) is 4.26. The van der Waals surface area contributed by atoms with Gasteiger partial charge in [0, 0.05) is 0 Å². The van der Waals surface area contributed by atoms with Crippen LogP contribution in [0.1, 0.15) is 18.7 Å². The summed E-state index contributed by atoms with van der Waals surface area (Å²) in [7, 11) is 0. The van der Waals surface area contributed by atoms with Gasteiger partial charge in [0.2, 0.25) is 0 Å². The number of allylic oxidation sites excluding steroid dienone is 1. The molecule has 0 bridgehead atoms. The van der Waals surface area contributed by atoms with E-state index in [1.165, 1.54) is 6.08 Å². The van der Waals surface area contributed by atoms with Crippen LogP contribution in [0.15, 0.2) is 24.0 Å². The van der Waals surface area contributed by atoms with Gasteiger partial charge in [0.25, 0.3) is 0 Å². The van der Waals surface area contributed by atoms with Gasteiger partial charge in [0.15, 0.2) is 0 Å². The second-order valence-electron chi connectivity index (χ2n) is 5.83. The Morgan fingerprint density at radius 2 is 2.17 bits per heavy atom. The molecule has 2 atom stereocenters. The van der Waals surface area contributed by atoms with E-state index in [1.807, 2.05) is 0 Å². The van der Waals surface area contributed by atoms with Crippen LogP contribution >= 0.6 is 23.2 Å². The van der Waals surface area contributed by atoms with Gasteiger partial charge < -0.3 is 20.1 Å². The van der Waals surface area contributed by atoms with Gasteiger partial charge in [-0.25, -0.2) is 9.37 Å². The molecule has 5 nitrogen and oxygen atoms in total. The summed E-state index contributed by atoms with van der Waals surface area (Å²) >= 11 is 12.0. The molecule has 3 rings (SSSR count). The third kappa shape index (κ3) is 3.58. The minimum Gasteiger partial charge on any atom is -0.391 e. The Kier molecular flexibility index (Phi) is 5.42. The Labute approximate surface area is 148 Å².